The van der Waals surface area contributed by atoms with Crippen molar-refractivity contribution in [1.82, 2.24) is 10.6 Å². The van der Waals surface area contributed by atoms with Crippen molar-refractivity contribution in [3.8, 4) is 0 Å². The Morgan fingerprint density at radius 2 is 1.90 bits per heavy atom. The number of rotatable bonds is 8. The van der Waals surface area contributed by atoms with Crippen LogP contribution in [0.25, 0.3) is 0 Å². The lowest BCUT2D eigenvalue weighted by molar-refractivity contribution is -0.121. The van der Waals surface area contributed by atoms with Crippen LogP contribution in [0.1, 0.15) is 44.2 Å². The van der Waals surface area contributed by atoms with Gasteiger partial charge in [0.15, 0.2) is 0 Å². The Balaban J connectivity index is 2.22. The lowest BCUT2D eigenvalue weighted by Gasteiger charge is -2.11. The first-order valence-corrected chi connectivity index (χ1v) is 6.90. The van der Waals surface area contributed by atoms with Crippen LogP contribution in [-0.2, 0) is 11.3 Å². The molecule has 0 heterocycles. The fourth-order valence-electron chi connectivity index (χ4n) is 1.66. The number of alkyl halides is 2. The van der Waals surface area contributed by atoms with Crippen molar-refractivity contribution in [3.63, 3.8) is 0 Å². The molecular weight excluding hydrogens is 262 g/mol. The summed E-state index contributed by atoms with van der Waals surface area (Å²) in [5, 5.41) is 6.01. The highest BCUT2D eigenvalue weighted by Crippen LogP contribution is 2.18. The number of hydrogen-bond acceptors (Lipinski definition) is 2. The molecule has 0 saturated heterocycles. The van der Waals surface area contributed by atoms with Crippen molar-refractivity contribution in [2.75, 3.05) is 6.54 Å². The number of amides is 1. The summed E-state index contributed by atoms with van der Waals surface area (Å²) in [6.07, 6.45) is -1.10. The van der Waals surface area contributed by atoms with E-state index in [2.05, 4.69) is 10.6 Å². The highest BCUT2D eigenvalue weighted by Gasteiger charge is 2.06. The van der Waals surface area contributed by atoms with E-state index < -0.39 is 6.43 Å². The van der Waals surface area contributed by atoms with Gasteiger partial charge in [0.25, 0.3) is 6.43 Å². The fourth-order valence-corrected chi connectivity index (χ4v) is 1.66. The summed E-state index contributed by atoms with van der Waals surface area (Å²) in [7, 11) is 0. The quantitative estimate of drug-likeness (QED) is 0.720. The Labute approximate surface area is 118 Å². The molecule has 0 aliphatic rings. The van der Waals surface area contributed by atoms with Crippen LogP contribution in [0.15, 0.2) is 24.3 Å². The van der Waals surface area contributed by atoms with Crippen LogP contribution in [0.2, 0.25) is 0 Å². The number of carbonyl (C=O) groups is 1. The first-order chi connectivity index (χ1) is 9.52. The van der Waals surface area contributed by atoms with Gasteiger partial charge in [-0.2, -0.15) is 0 Å². The first-order valence-electron chi connectivity index (χ1n) is 6.90. The summed E-state index contributed by atoms with van der Waals surface area (Å²) in [6.45, 7) is 5.13. The molecular formula is C15H22F2N2O. The first kappa shape index (κ1) is 16.6. The average molecular weight is 284 g/mol. The largest absolute Gasteiger partial charge is 0.354 e. The van der Waals surface area contributed by atoms with Gasteiger partial charge in [0, 0.05) is 31.1 Å². The molecule has 0 aromatic heterocycles. The number of nitrogens with one attached hydrogen (secondary N) is 2. The number of halogens is 2. The standard InChI is InChI=1S/C15H22F2N2O/c1-3-11(2)19-14(20)8-9-18-10-12-4-6-13(7-5-12)15(16)17/h4-7,11,15,18H,3,8-10H2,1-2H3,(H,19,20). The zero-order chi connectivity index (χ0) is 15.0. The minimum absolute atomic E-state index is 0.0277. The molecule has 1 unspecified atom stereocenters. The maximum Gasteiger partial charge on any atom is 0.263 e. The molecule has 0 spiro atoms. The molecule has 1 atom stereocenters. The number of carbonyl (C=O) groups excluding carboxylic acids is 1. The van der Waals surface area contributed by atoms with E-state index in [9.17, 15) is 13.6 Å². The van der Waals surface area contributed by atoms with Crippen LogP contribution >= 0.6 is 0 Å². The minimum Gasteiger partial charge on any atom is -0.354 e. The van der Waals surface area contributed by atoms with Gasteiger partial charge in [0.2, 0.25) is 5.91 Å². The van der Waals surface area contributed by atoms with Crippen molar-refractivity contribution >= 4 is 5.91 Å². The summed E-state index contributed by atoms with van der Waals surface area (Å²) in [5.74, 6) is 0.0277. The molecule has 2 N–H and O–H groups in total. The molecule has 0 fully saturated rings. The average Bonchev–Trinajstić information content (AvgIpc) is 2.44. The van der Waals surface area contributed by atoms with E-state index in [-0.39, 0.29) is 17.5 Å². The monoisotopic (exact) mass is 284 g/mol. The Bertz CT molecular complexity index is 407. The van der Waals surface area contributed by atoms with Gasteiger partial charge < -0.3 is 10.6 Å². The topological polar surface area (TPSA) is 41.1 Å². The van der Waals surface area contributed by atoms with Gasteiger partial charge >= 0.3 is 0 Å². The molecule has 0 radical (unpaired) electrons. The maximum atomic E-state index is 12.4. The fraction of sp³-hybridized carbons (Fsp3) is 0.533. The molecule has 0 aliphatic carbocycles. The second-order valence-corrected chi connectivity index (χ2v) is 4.85. The molecule has 1 aromatic carbocycles. The second kappa shape index (κ2) is 8.64. The smallest absolute Gasteiger partial charge is 0.263 e. The van der Waals surface area contributed by atoms with Crippen LogP contribution in [0.5, 0.6) is 0 Å². The predicted molar refractivity (Wildman–Crippen MR) is 75.6 cm³/mol. The molecule has 3 nitrogen and oxygen atoms in total. The second-order valence-electron chi connectivity index (χ2n) is 4.85. The van der Waals surface area contributed by atoms with Gasteiger partial charge in [-0.3, -0.25) is 4.79 Å². The molecule has 0 saturated carbocycles. The van der Waals surface area contributed by atoms with Crippen molar-refractivity contribution in [3.05, 3.63) is 35.4 Å². The molecule has 0 aliphatic heterocycles. The third-order valence-corrected chi connectivity index (χ3v) is 3.11. The van der Waals surface area contributed by atoms with Crippen molar-refractivity contribution < 1.29 is 13.6 Å². The molecule has 1 aromatic rings. The molecule has 1 rings (SSSR count). The van der Waals surface area contributed by atoms with E-state index in [1.165, 1.54) is 12.1 Å². The zero-order valence-corrected chi connectivity index (χ0v) is 12.0. The van der Waals surface area contributed by atoms with Crippen molar-refractivity contribution in [1.29, 1.82) is 0 Å². The van der Waals surface area contributed by atoms with Gasteiger partial charge in [-0.1, -0.05) is 31.2 Å². The van der Waals surface area contributed by atoms with Crippen LogP contribution in [0.3, 0.4) is 0 Å². The summed E-state index contributed by atoms with van der Waals surface area (Å²) in [4.78, 5) is 11.5. The van der Waals surface area contributed by atoms with Gasteiger partial charge in [0.05, 0.1) is 0 Å². The third-order valence-electron chi connectivity index (χ3n) is 3.11. The molecule has 0 bridgehead atoms. The molecule has 20 heavy (non-hydrogen) atoms. The van der Waals surface area contributed by atoms with Crippen LogP contribution in [0.4, 0.5) is 8.78 Å². The lowest BCUT2D eigenvalue weighted by atomic mass is 10.1. The van der Waals surface area contributed by atoms with Gasteiger partial charge in [0.1, 0.15) is 0 Å². The lowest BCUT2D eigenvalue weighted by Crippen LogP contribution is -2.33. The number of hydrogen-bond donors (Lipinski definition) is 2. The highest BCUT2D eigenvalue weighted by atomic mass is 19.3. The minimum atomic E-state index is -2.43. The normalized spacial score (nSPS) is 12.4. The Kier molecular flexibility index (Phi) is 7.15. The summed E-state index contributed by atoms with van der Waals surface area (Å²) in [6, 6.07) is 6.40. The van der Waals surface area contributed by atoms with E-state index in [4.69, 9.17) is 0 Å². The van der Waals surface area contributed by atoms with Crippen molar-refractivity contribution in [2.45, 2.75) is 45.7 Å². The molecule has 5 heteroatoms. The summed E-state index contributed by atoms with van der Waals surface area (Å²) >= 11 is 0. The highest BCUT2D eigenvalue weighted by molar-refractivity contribution is 5.76. The Morgan fingerprint density at radius 1 is 1.25 bits per heavy atom. The maximum absolute atomic E-state index is 12.4. The Hall–Kier alpha value is -1.49. The number of benzene rings is 1. The predicted octanol–water partition coefficient (Wildman–Crippen LogP) is 3.02. The van der Waals surface area contributed by atoms with E-state index in [1.807, 2.05) is 13.8 Å². The van der Waals surface area contributed by atoms with Gasteiger partial charge in [-0.15, -0.1) is 0 Å². The molecule has 112 valence electrons. The summed E-state index contributed by atoms with van der Waals surface area (Å²) in [5.41, 5.74) is 0.957. The van der Waals surface area contributed by atoms with Crippen LogP contribution in [0, 0.1) is 0 Å². The summed E-state index contributed by atoms with van der Waals surface area (Å²) < 4.78 is 24.7. The van der Waals surface area contributed by atoms with Crippen molar-refractivity contribution in [2.24, 2.45) is 0 Å². The zero-order valence-electron chi connectivity index (χ0n) is 12.0. The van der Waals surface area contributed by atoms with Crippen LogP contribution < -0.4 is 10.6 Å². The van der Waals surface area contributed by atoms with E-state index >= 15 is 0 Å². The third kappa shape index (κ3) is 6.10. The van der Waals surface area contributed by atoms with Gasteiger partial charge in [-0.05, 0) is 18.9 Å². The van der Waals surface area contributed by atoms with Crippen LogP contribution in [-0.4, -0.2) is 18.5 Å². The van der Waals surface area contributed by atoms with E-state index in [0.717, 1.165) is 12.0 Å². The van der Waals surface area contributed by atoms with Gasteiger partial charge in [-0.25, -0.2) is 8.78 Å². The Morgan fingerprint density at radius 3 is 2.45 bits per heavy atom. The molecule has 1 amide bonds. The van der Waals surface area contributed by atoms with E-state index in [1.54, 1.807) is 12.1 Å². The van der Waals surface area contributed by atoms with E-state index in [0.29, 0.717) is 19.5 Å². The SMILES string of the molecule is CCC(C)NC(=O)CCNCc1ccc(C(F)F)cc1.